The van der Waals surface area contributed by atoms with Gasteiger partial charge in [-0.2, -0.15) is 0 Å². The molecule has 0 bridgehead atoms. The number of rotatable bonds is 44. The summed E-state index contributed by atoms with van der Waals surface area (Å²) < 4.78 is 17.2. The highest BCUT2D eigenvalue weighted by Gasteiger charge is 2.17. The maximum absolute atomic E-state index is 12.5. The third-order valence-electron chi connectivity index (χ3n) is 10.6. The summed E-state index contributed by atoms with van der Waals surface area (Å²) in [6, 6.07) is 0. The Bertz CT molecular complexity index is 710. The second-order valence-electron chi connectivity index (χ2n) is 16.0. The van der Waals surface area contributed by atoms with Crippen molar-refractivity contribution in [3.05, 3.63) is 0 Å². The van der Waals surface area contributed by atoms with Crippen LogP contribution < -0.4 is 0 Å². The van der Waals surface area contributed by atoms with Gasteiger partial charge in [0.15, 0.2) is 6.10 Å². The van der Waals surface area contributed by atoms with E-state index >= 15 is 0 Å². The van der Waals surface area contributed by atoms with E-state index in [1.54, 1.807) is 0 Å². The van der Waals surface area contributed by atoms with Crippen LogP contribution in [0.15, 0.2) is 0 Å². The van der Waals surface area contributed by atoms with Crippen LogP contribution in [0.3, 0.4) is 0 Å². The van der Waals surface area contributed by atoms with E-state index in [2.05, 4.69) is 20.8 Å². The van der Waals surface area contributed by atoms with Gasteiger partial charge in [0.1, 0.15) is 6.61 Å². The number of carbonyl (C=O) groups excluding carboxylic acids is 2. The van der Waals surface area contributed by atoms with Crippen molar-refractivity contribution in [1.29, 1.82) is 0 Å². The van der Waals surface area contributed by atoms with E-state index in [0.717, 1.165) is 38.5 Å². The van der Waals surface area contributed by atoms with Crippen LogP contribution in [0.25, 0.3) is 0 Å². The van der Waals surface area contributed by atoms with Crippen LogP contribution in [0.2, 0.25) is 0 Å². The molecule has 0 aromatic carbocycles. The van der Waals surface area contributed by atoms with Crippen LogP contribution in [0, 0.1) is 0 Å². The molecule has 0 aliphatic rings. The minimum atomic E-state index is -0.519. The summed E-state index contributed by atoms with van der Waals surface area (Å²) in [4.78, 5) is 25.0. The fourth-order valence-electron chi connectivity index (χ4n) is 7.10. The van der Waals surface area contributed by atoms with E-state index in [1.165, 1.54) is 193 Å². The van der Waals surface area contributed by atoms with Gasteiger partial charge in [0, 0.05) is 19.4 Å². The Morgan fingerprint density at radius 2 is 0.635 bits per heavy atom. The van der Waals surface area contributed by atoms with E-state index in [9.17, 15) is 9.59 Å². The molecule has 310 valence electrons. The lowest BCUT2D eigenvalue weighted by Crippen LogP contribution is -2.30. The predicted molar refractivity (Wildman–Crippen MR) is 224 cm³/mol. The number of esters is 2. The fraction of sp³-hybridized carbons (Fsp3) is 0.957. The Labute approximate surface area is 325 Å². The number of hydrogen-bond acceptors (Lipinski definition) is 5. The van der Waals surface area contributed by atoms with Gasteiger partial charge in [-0.15, -0.1) is 0 Å². The van der Waals surface area contributed by atoms with Crippen molar-refractivity contribution in [2.45, 2.75) is 271 Å². The summed E-state index contributed by atoms with van der Waals surface area (Å²) in [5.41, 5.74) is 0. The molecule has 0 aromatic rings. The quantitative estimate of drug-likeness (QED) is 0.0460. The maximum atomic E-state index is 12.5. The lowest BCUT2D eigenvalue weighted by atomic mass is 10.0. The Morgan fingerprint density at radius 1 is 0.346 bits per heavy atom. The van der Waals surface area contributed by atoms with Crippen LogP contribution in [-0.4, -0.2) is 37.9 Å². The van der Waals surface area contributed by atoms with Gasteiger partial charge < -0.3 is 14.2 Å². The standard InChI is InChI=1S/C47H92O5/c1-4-7-10-13-15-17-19-21-23-24-25-26-28-30-32-35-37-40-46(48)51-44-45(52-47(49)41-38-34-12-9-6-3)43-50-42-39-36-33-31-29-27-22-20-18-16-14-11-8-5-2/h45H,4-44H2,1-3H3. The van der Waals surface area contributed by atoms with Crippen LogP contribution in [-0.2, 0) is 23.8 Å². The molecule has 52 heavy (non-hydrogen) atoms. The van der Waals surface area contributed by atoms with Gasteiger partial charge in [0.25, 0.3) is 0 Å². The Balaban J connectivity index is 3.97. The van der Waals surface area contributed by atoms with Gasteiger partial charge in [-0.25, -0.2) is 0 Å². The number of hydrogen-bond donors (Lipinski definition) is 0. The number of unbranched alkanes of at least 4 members (excludes halogenated alkanes) is 33. The first kappa shape index (κ1) is 50.9. The Morgan fingerprint density at radius 3 is 0.981 bits per heavy atom. The molecule has 0 saturated heterocycles. The molecule has 0 heterocycles. The lowest BCUT2D eigenvalue weighted by Gasteiger charge is -2.18. The second kappa shape index (κ2) is 44.3. The van der Waals surface area contributed by atoms with Crippen LogP contribution in [0.4, 0.5) is 0 Å². The third-order valence-corrected chi connectivity index (χ3v) is 10.6. The molecule has 1 atom stereocenters. The molecule has 0 aliphatic heterocycles. The molecule has 0 rings (SSSR count). The average Bonchev–Trinajstić information content (AvgIpc) is 3.14. The van der Waals surface area contributed by atoms with E-state index in [0.29, 0.717) is 26.1 Å². The number of carbonyl (C=O) groups is 2. The minimum absolute atomic E-state index is 0.0953. The molecular formula is C47H92O5. The van der Waals surface area contributed by atoms with Crippen molar-refractivity contribution in [3.63, 3.8) is 0 Å². The van der Waals surface area contributed by atoms with E-state index in [1.807, 2.05) is 0 Å². The van der Waals surface area contributed by atoms with E-state index in [-0.39, 0.29) is 18.5 Å². The maximum Gasteiger partial charge on any atom is 0.306 e. The van der Waals surface area contributed by atoms with Crippen molar-refractivity contribution in [2.75, 3.05) is 19.8 Å². The molecule has 0 aromatic heterocycles. The summed E-state index contributed by atoms with van der Waals surface area (Å²) >= 11 is 0. The molecule has 0 saturated carbocycles. The molecular weight excluding hydrogens is 645 g/mol. The van der Waals surface area contributed by atoms with Crippen molar-refractivity contribution in [3.8, 4) is 0 Å². The second-order valence-corrected chi connectivity index (χ2v) is 16.0. The van der Waals surface area contributed by atoms with Crippen molar-refractivity contribution in [1.82, 2.24) is 0 Å². The SMILES string of the molecule is CCCCCCCCCCCCCCCCCCCC(=O)OCC(COCCCCCCCCCCCCCCCC)OC(=O)CCCCCCC. The first-order valence-electron chi connectivity index (χ1n) is 23.6. The highest BCUT2D eigenvalue weighted by molar-refractivity contribution is 5.70. The summed E-state index contributed by atoms with van der Waals surface area (Å²) in [5.74, 6) is -0.389. The third kappa shape index (κ3) is 41.7. The first-order valence-corrected chi connectivity index (χ1v) is 23.6. The molecule has 0 amide bonds. The summed E-state index contributed by atoms with van der Waals surface area (Å²) in [5, 5.41) is 0. The predicted octanol–water partition coefficient (Wildman–Crippen LogP) is 15.3. The van der Waals surface area contributed by atoms with Crippen LogP contribution in [0.5, 0.6) is 0 Å². The molecule has 5 heteroatoms. The first-order chi connectivity index (χ1) is 25.6. The highest BCUT2D eigenvalue weighted by Crippen LogP contribution is 2.16. The molecule has 0 N–H and O–H groups in total. The smallest absolute Gasteiger partial charge is 0.306 e. The Hall–Kier alpha value is -1.10. The van der Waals surface area contributed by atoms with E-state index < -0.39 is 6.10 Å². The van der Waals surface area contributed by atoms with Gasteiger partial charge >= 0.3 is 11.9 Å². The van der Waals surface area contributed by atoms with Gasteiger partial charge in [0.05, 0.1) is 6.61 Å². The average molecular weight is 737 g/mol. The van der Waals surface area contributed by atoms with E-state index in [4.69, 9.17) is 14.2 Å². The van der Waals surface area contributed by atoms with Gasteiger partial charge in [0.2, 0.25) is 0 Å². The summed E-state index contributed by atoms with van der Waals surface area (Å²) in [6.45, 7) is 7.82. The zero-order valence-corrected chi connectivity index (χ0v) is 35.6. The minimum Gasteiger partial charge on any atom is -0.462 e. The largest absolute Gasteiger partial charge is 0.462 e. The van der Waals surface area contributed by atoms with Crippen molar-refractivity contribution >= 4 is 11.9 Å². The zero-order valence-electron chi connectivity index (χ0n) is 35.6. The topological polar surface area (TPSA) is 61.8 Å². The lowest BCUT2D eigenvalue weighted by molar-refractivity contribution is -0.163. The molecule has 5 nitrogen and oxygen atoms in total. The molecule has 1 unspecified atom stereocenters. The van der Waals surface area contributed by atoms with Crippen LogP contribution >= 0.6 is 0 Å². The normalized spacial score (nSPS) is 12.0. The van der Waals surface area contributed by atoms with Crippen LogP contribution in [0.1, 0.15) is 265 Å². The summed E-state index contributed by atoms with van der Waals surface area (Å²) in [7, 11) is 0. The molecule has 0 spiro atoms. The monoisotopic (exact) mass is 737 g/mol. The Kier molecular flexibility index (Phi) is 43.4. The fourth-order valence-corrected chi connectivity index (χ4v) is 7.10. The summed E-state index contributed by atoms with van der Waals surface area (Å²) in [6.07, 6.45) is 47.0. The van der Waals surface area contributed by atoms with Crippen molar-refractivity contribution < 1.29 is 23.8 Å². The molecule has 0 fully saturated rings. The zero-order chi connectivity index (χ0) is 37.8. The number of ether oxygens (including phenoxy) is 3. The van der Waals surface area contributed by atoms with Gasteiger partial charge in [-0.1, -0.05) is 233 Å². The van der Waals surface area contributed by atoms with Gasteiger partial charge in [-0.05, 0) is 19.3 Å². The highest BCUT2D eigenvalue weighted by atomic mass is 16.6. The van der Waals surface area contributed by atoms with Gasteiger partial charge in [-0.3, -0.25) is 9.59 Å². The molecule has 0 aliphatic carbocycles. The van der Waals surface area contributed by atoms with Crippen molar-refractivity contribution in [2.24, 2.45) is 0 Å². The molecule has 0 radical (unpaired) electrons.